The van der Waals surface area contributed by atoms with Gasteiger partial charge in [-0.3, -0.25) is 15.1 Å². The predicted octanol–water partition coefficient (Wildman–Crippen LogP) is 3.03. The van der Waals surface area contributed by atoms with E-state index >= 15 is 0 Å². The Morgan fingerprint density at radius 2 is 1.81 bits per heavy atom. The summed E-state index contributed by atoms with van der Waals surface area (Å²) in [6.45, 7) is 0.575. The van der Waals surface area contributed by atoms with E-state index in [1.807, 2.05) is 0 Å². The molecule has 7 nitrogen and oxygen atoms in total. The fourth-order valence-electron chi connectivity index (χ4n) is 2.35. The molecule has 3 rings (SSSR count). The summed E-state index contributed by atoms with van der Waals surface area (Å²) >= 11 is 1.24. The lowest BCUT2D eigenvalue weighted by Crippen LogP contribution is -2.32. The van der Waals surface area contributed by atoms with E-state index < -0.39 is 20.8 Å². The van der Waals surface area contributed by atoms with Crippen molar-refractivity contribution in [2.45, 2.75) is 10.6 Å². The van der Waals surface area contributed by atoms with Gasteiger partial charge in [0.1, 0.15) is 5.82 Å². The molecule has 0 amide bonds. The normalized spacial score (nSPS) is 14.3. The van der Waals surface area contributed by atoms with Crippen LogP contribution in [0.15, 0.2) is 58.4 Å². The van der Waals surface area contributed by atoms with E-state index in [0.29, 0.717) is 17.5 Å². The van der Waals surface area contributed by atoms with Crippen LogP contribution >= 0.6 is 11.8 Å². The fourth-order valence-corrected chi connectivity index (χ4v) is 5.03. The number of thioether (sulfide) groups is 1. The van der Waals surface area contributed by atoms with Gasteiger partial charge >= 0.3 is 0 Å². The molecule has 0 unspecified atom stereocenters. The number of amidine groups is 1. The topological polar surface area (TPSA) is 92.9 Å². The van der Waals surface area contributed by atoms with E-state index in [0.717, 1.165) is 17.7 Å². The van der Waals surface area contributed by atoms with Crippen molar-refractivity contribution in [3.05, 3.63) is 70.0 Å². The van der Waals surface area contributed by atoms with Crippen molar-refractivity contribution in [2.75, 3.05) is 13.1 Å². The molecule has 1 heterocycles. The summed E-state index contributed by atoms with van der Waals surface area (Å²) in [4.78, 5) is 14.4. The molecule has 0 fully saturated rings. The number of non-ortho nitro benzene ring substituents is 1. The number of nitro groups is 1. The maximum Gasteiger partial charge on any atom is 0.269 e. The van der Waals surface area contributed by atoms with Gasteiger partial charge in [-0.2, -0.15) is 0 Å². The third-order valence-electron chi connectivity index (χ3n) is 3.68. The Hall–Kier alpha value is -2.46. The number of hydrogen-bond acceptors (Lipinski definition) is 6. The second-order valence-electron chi connectivity index (χ2n) is 5.41. The predicted molar refractivity (Wildman–Crippen MR) is 97.0 cm³/mol. The molecule has 0 saturated heterocycles. The molecule has 2 aromatic rings. The molecule has 0 spiro atoms. The molecule has 0 bridgehead atoms. The second kappa shape index (κ2) is 7.42. The molecule has 26 heavy (non-hydrogen) atoms. The van der Waals surface area contributed by atoms with Gasteiger partial charge in [-0.15, -0.1) is 0 Å². The highest BCUT2D eigenvalue weighted by atomic mass is 32.2. The number of halogens is 1. The van der Waals surface area contributed by atoms with Gasteiger partial charge in [0.15, 0.2) is 5.17 Å². The van der Waals surface area contributed by atoms with Gasteiger partial charge in [0.2, 0.25) is 0 Å². The smallest absolute Gasteiger partial charge is 0.260 e. The molecule has 1 aliphatic heterocycles. The molecule has 10 heteroatoms. The lowest BCUT2D eigenvalue weighted by Gasteiger charge is -2.19. The van der Waals surface area contributed by atoms with Crippen LogP contribution < -0.4 is 0 Å². The van der Waals surface area contributed by atoms with Gasteiger partial charge in [0.05, 0.1) is 22.9 Å². The number of nitro benzene ring substituents is 1. The Labute approximate surface area is 153 Å². The number of rotatable bonds is 5. The van der Waals surface area contributed by atoms with Gasteiger partial charge in [-0.05, 0) is 29.8 Å². The summed E-state index contributed by atoms with van der Waals surface area (Å²) in [5.41, 5.74) is 0.812. The molecular formula is C16H14FN3O4S2. The molecule has 0 saturated carbocycles. The fraction of sp³-hybridized carbons (Fsp3) is 0.188. The van der Waals surface area contributed by atoms with Crippen molar-refractivity contribution in [1.82, 2.24) is 4.31 Å². The minimum atomic E-state index is -3.80. The van der Waals surface area contributed by atoms with Crippen LogP contribution in [0.1, 0.15) is 5.56 Å². The van der Waals surface area contributed by atoms with Crippen molar-refractivity contribution >= 4 is 32.6 Å². The van der Waals surface area contributed by atoms with Crippen molar-refractivity contribution in [3.8, 4) is 0 Å². The Morgan fingerprint density at radius 1 is 1.15 bits per heavy atom. The van der Waals surface area contributed by atoms with Gasteiger partial charge in [-0.25, -0.2) is 17.1 Å². The molecule has 0 radical (unpaired) electrons. The summed E-state index contributed by atoms with van der Waals surface area (Å²) in [5.74, 6) is -0.0847. The van der Waals surface area contributed by atoms with E-state index in [1.54, 1.807) is 12.1 Å². The average molecular weight is 395 g/mol. The van der Waals surface area contributed by atoms with Gasteiger partial charge < -0.3 is 0 Å². The van der Waals surface area contributed by atoms with E-state index in [-0.39, 0.29) is 17.1 Å². The van der Waals surface area contributed by atoms with Crippen molar-refractivity contribution in [3.63, 3.8) is 0 Å². The first-order valence-electron chi connectivity index (χ1n) is 7.57. The SMILES string of the molecule is O=[N+]([O-])c1ccc(CSC2=NCCN2S(=O)(=O)c2ccc(F)cc2)cc1. The van der Waals surface area contributed by atoms with Crippen LogP contribution in [0, 0.1) is 15.9 Å². The van der Waals surface area contributed by atoms with Crippen molar-refractivity contribution in [1.29, 1.82) is 0 Å². The molecule has 0 aliphatic carbocycles. The van der Waals surface area contributed by atoms with Crippen LogP contribution in [0.4, 0.5) is 10.1 Å². The van der Waals surface area contributed by atoms with Crippen LogP contribution in [-0.2, 0) is 15.8 Å². The van der Waals surface area contributed by atoms with Crippen molar-refractivity contribution in [2.24, 2.45) is 4.99 Å². The Morgan fingerprint density at radius 3 is 2.42 bits per heavy atom. The molecule has 0 atom stereocenters. The lowest BCUT2D eigenvalue weighted by molar-refractivity contribution is -0.384. The van der Waals surface area contributed by atoms with Crippen LogP contribution in [0.5, 0.6) is 0 Å². The Balaban J connectivity index is 1.72. The highest BCUT2D eigenvalue weighted by molar-refractivity contribution is 8.14. The number of sulfonamides is 1. The largest absolute Gasteiger partial charge is 0.269 e. The van der Waals surface area contributed by atoms with Gasteiger partial charge in [-0.1, -0.05) is 23.9 Å². The maximum absolute atomic E-state index is 13.0. The zero-order valence-corrected chi connectivity index (χ0v) is 15.0. The summed E-state index contributed by atoms with van der Waals surface area (Å²) < 4.78 is 39.7. The van der Waals surface area contributed by atoms with E-state index in [4.69, 9.17) is 0 Å². The highest BCUT2D eigenvalue weighted by Crippen LogP contribution is 2.26. The molecular weight excluding hydrogens is 381 g/mol. The third-order valence-corrected chi connectivity index (χ3v) is 6.68. The third kappa shape index (κ3) is 3.86. The monoisotopic (exact) mass is 395 g/mol. The molecule has 1 aliphatic rings. The Bertz CT molecular complexity index is 944. The number of nitrogens with zero attached hydrogens (tertiary/aromatic N) is 3. The van der Waals surface area contributed by atoms with Crippen molar-refractivity contribution < 1.29 is 17.7 Å². The van der Waals surface area contributed by atoms with Crippen LogP contribution in [0.25, 0.3) is 0 Å². The minimum absolute atomic E-state index is 0.00234. The van der Waals surface area contributed by atoms with E-state index in [1.165, 1.54) is 40.3 Å². The molecule has 0 aromatic heterocycles. The molecule has 136 valence electrons. The van der Waals surface area contributed by atoms with Crippen LogP contribution in [0.3, 0.4) is 0 Å². The summed E-state index contributed by atoms with van der Waals surface area (Å²) in [7, 11) is -3.80. The summed E-state index contributed by atoms with van der Waals surface area (Å²) in [6.07, 6.45) is 0. The molecule has 2 aromatic carbocycles. The van der Waals surface area contributed by atoms with Crippen LogP contribution in [0.2, 0.25) is 0 Å². The summed E-state index contributed by atoms with van der Waals surface area (Å²) in [6, 6.07) is 10.7. The highest BCUT2D eigenvalue weighted by Gasteiger charge is 2.30. The number of benzene rings is 2. The first-order valence-corrected chi connectivity index (χ1v) is 9.99. The first kappa shape index (κ1) is 18.3. The number of hydrogen-bond donors (Lipinski definition) is 0. The molecule has 0 N–H and O–H groups in total. The van der Waals surface area contributed by atoms with E-state index in [9.17, 15) is 22.9 Å². The quantitative estimate of drug-likeness (QED) is 0.573. The van der Waals surface area contributed by atoms with E-state index in [2.05, 4.69) is 4.99 Å². The lowest BCUT2D eigenvalue weighted by atomic mass is 10.2. The number of aliphatic imine (C=N–C) groups is 1. The average Bonchev–Trinajstić information content (AvgIpc) is 3.10. The standard InChI is InChI=1S/C16H14FN3O4S2/c17-13-3-7-15(8-4-13)26(23,24)19-10-9-18-16(19)25-11-12-1-5-14(6-2-12)20(21)22/h1-8H,9-11H2. The van der Waals surface area contributed by atoms with Gasteiger partial charge in [0, 0.05) is 17.9 Å². The zero-order valence-electron chi connectivity index (χ0n) is 13.4. The first-order chi connectivity index (χ1) is 12.4. The maximum atomic E-state index is 13.0. The zero-order chi connectivity index (χ0) is 18.7. The van der Waals surface area contributed by atoms with Gasteiger partial charge in [0.25, 0.3) is 15.7 Å². The minimum Gasteiger partial charge on any atom is -0.260 e. The summed E-state index contributed by atoms with van der Waals surface area (Å²) in [5, 5.41) is 11.0. The van der Waals surface area contributed by atoms with Crippen LogP contribution in [-0.4, -0.2) is 35.9 Å². The Kier molecular flexibility index (Phi) is 5.23. The second-order valence-corrected chi connectivity index (χ2v) is 8.21.